The summed E-state index contributed by atoms with van der Waals surface area (Å²) in [6.45, 7) is 6.54. The van der Waals surface area contributed by atoms with Crippen LogP contribution in [-0.4, -0.2) is 16.2 Å². The maximum Gasteiger partial charge on any atom is 0.228 e. The van der Waals surface area contributed by atoms with Gasteiger partial charge in [-0.1, -0.05) is 38.8 Å². The van der Waals surface area contributed by atoms with Gasteiger partial charge in [0.05, 0.1) is 0 Å². The van der Waals surface area contributed by atoms with Gasteiger partial charge in [-0.2, -0.15) is 4.98 Å². The lowest BCUT2D eigenvalue weighted by Gasteiger charge is -2.23. The number of hydrogen-bond acceptors (Lipinski definition) is 4. The molecule has 0 saturated heterocycles. The van der Waals surface area contributed by atoms with Crippen LogP contribution in [0.25, 0.3) is 0 Å². The first kappa shape index (κ1) is 13.5. The summed E-state index contributed by atoms with van der Waals surface area (Å²) in [4.78, 5) is 4.53. The van der Waals surface area contributed by atoms with Crippen LogP contribution in [0.5, 0.6) is 0 Å². The van der Waals surface area contributed by atoms with Crippen LogP contribution in [0.1, 0.15) is 64.1 Å². The van der Waals surface area contributed by atoms with Gasteiger partial charge in [0.15, 0.2) is 5.82 Å². The summed E-state index contributed by atoms with van der Waals surface area (Å²) in [6.07, 6.45) is 5.68. The average molecular weight is 251 g/mol. The second-order valence-corrected chi connectivity index (χ2v) is 6.13. The summed E-state index contributed by atoms with van der Waals surface area (Å²) < 4.78 is 5.33. The molecule has 0 amide bonds. The monoisotopic (exact) mass is 251 g/mol. The van der Waals surface area contributed by atoms with E-state index in [9.17, 15) is 0 Å². The molecule has 1 heterocycles. The highest BCUT2D eigenvalue weighted by Crippen LogP contribution is 2.34. The van der Waals surface area contributed by atoms with Crippen molar-refractivity contribution in [2.45, 2.75) is 64.8 Å². The van der Waals surface area contributed by atoms with Crippen molar-refractivity contribution in [1.29, 1.82) is 0 Å². The molecule has 4 heteroatoms. The van der Waals surface area contributed by atoms with E-state index in [-0.39, 0.29) is 6.04 Å². The smallest absolute Gasteiger partial charge is 0.228 e. The molecule has 0 aliphatic heterocycles. The zero-order valence-corrected chi connectivity index (χ0v) is 11.7. The summed E-state index contributed by atoms with van der Waals surface area (Å²) in [5, 5.41) is 4.15. The van der Waals surface area contributed by atoms with Gasteiger partial charge < -0.3 is 10.3 Å². The SMILES string of the molecule is CC1CCCC(c2noc(CC(N)C(C)C)n2)C1. The lowest BCUT2D eigenvalue weighted by molar-refractivity contribution is 0.316. The molecule has 3 unspecified atom stereocenters. The molecule has 1 fully saturated rings. The van der Waals surface area contributed by atoms with Crippen molar-refractivity contribution in [2.24, 2.45) is 17.6 Å². The molecule has 3 atom stereocenters. The molecule has 2 N–H and O–H groups in total. The van der Waals surface area contributed by atoms with Crippen molar-refractivity contribution >= 4 is 0 Å². The Hall–Kier alpha value is -0.900. The van der Waals surface area contributed by atoms with Crippen molar-refractivity contribution in [2.75, 3.05) is 0 Å². The van der Waals surface area contributed by atoms with Gasteiger partial charge >= 0.3 is 0 Å². The van der Waals surface area contributed by atoms with Crippen LogP contribution < -0.4 is 5.73 Å². The van der Waals surface area contributed by atoms with E-state index in [4.69, 9.17) is 10.3 Å². The molecule has 1 saturated carbocycles. The molecule has 1 aliphatic carbocycles. The van der Waals surface area contributed by atoms with E-state index >= 15 is 0 Å². The van der Waals surface area contributed by atoms with Gasteiger partial charge in [0.2, 0.25) is 5.89 Å². The van der Waals surface area contributed by atoms with E-state index < -0.39 is 0 Å². The molecule has 0 spiro atoms. The highest BCUT2D eigenvalue weighted by Gasteiger charge is 2.25. The third kappa shape index (κ3) is 3.31. The van der Waals surface area contributed by atoms with Crippen LogP contribution in [0.4, 0.5) is 0 Å². The Morgan fingerprint density at radius 1 is 1.39 bits per heavy atom. The van der Waals surface area contributed by atoms with Crippen LogP contribution >= 0.6 is 0 Å². The predicted octanol–water partition coefficient (Wildman–Crippen LogP) is 2.89. The lowest BCUT2D eigenvalue weighted by atomic mass is 9.82. The molecular formula is C14H25N3O. The minimum atomic E-state index is 0.101. The van der Waals surface area contributed by atoms with E-state index in [1.54, 1.807) is 0 Å². The zero-order valence-electron chi connectivity index (χ0n) is 11.7. The molecule has 1 aromatic rings. The van der Waals surface area contributed by atoms with Crippen molar-refractivity contribution in [3.63, 3.8) is 0 Å². The molecule has 102 valence electrons. The van der Waals surface area contributed by atoms with Crippen LogP contribution in [0.2, 0.25) is 0 Å². The third-order valence-electron chi connectivity index (χ3n) is 4.05. The van der Waals surface area contributed by atoms with Gasteiger partial charge in [-0.05, 0) is 24.7 Å². The molecular weight excluding hydrogens is 226 g/mol. The fourth-order valence-corrected chi connectivity index (χ4v) is 2.62. The molecule has 18 heavy (non-hydrogen) atoms. The standard InChI is InChI=1S/C14H25N3O/c1-9(2)12(15)8-13-16-14(17-18-13)11-6-4-5-10(3)7-11/h9-12H,4-8,15H2,1-3H3. The topological polar surface area (TPSA) is 64.9 Å². The fourth-order valence-electron chi connectivity index (χ4n) is 2.62. The van der Waals surface area contributed by atoms with Gasteiger partial charge in [-0.25, -0.2) is 0 Å². The molecule has 4 nitrogen and oxygen atoms in total. The second-order valence-electron chi connectivity index (χ2n) is 6.13. The summed E-state index contributed by atoms with van der Waals surface area (Å²) in [5.41, 5.74) is 6.03. The molecule has 0 radical (unpaired) electrons. The van der Waals surface area contributed by atoms with Crippen molar-refractivity contribution < 1.29 is 4.52 Å². The number of nitrogens with zero attached hydrogens (tertiary/aromatic N) is 2. The van der Waals surface area contributed by atoms with Crippen LogP contribution in [0.15, 0.2) is 4.52 Å². The Morgan fingerprint density at radius 3 is 2.83 bits per heavy atom. The van der Waals surface area contributed by atoms with Crippen molar-refractivity contribution in [1.82, 2.24) is 10.1 Å². The highest BCUT2D eigenvalue weighted by molar-refractivity contribution is 4.98. The first-order valence-corrected chi connectivity index (χ1v) is 7.14. The van der Waals surface area contributed by atoms with Gasteiger partial charge in [0.25, 0.3) is 0 Å². The Labute approximate surface area is 109 Å². The third-order valence-corrected chi connectivity index (χ3v) is 4.05. The quantitative estimate of drug-likeness (QED) is 0.893. The first-order chi connectivity index (χ1) is 8.56. The van der Waals surface area contributed by atoms with Gasteiger partial charge in [0, 0.05) is 18.4 Å². The molecule has 0 bridgehead atoms. The van der Waals surface area contributed by atoms with Crippen molar-refractivity contribution in [3.8, 4) is 0 Å². The molecule has 2 rings (SSSR count). The van der Waals surface area contributed by atoms with Gasteiger partial charge in [0.1, 0.15) is 0 Å². The Kier molecular flexibility index (Phi) is 4.38. The fraction of sp³-hybridized carbons (Fsp3) is 0.857. The summed E-state index contributed by atoms with van der Waals surface area (Å²) >= 11 is 0. The minimum Gasteiger partial charge on any atom is -0.339 e. The molecule has 0 aromatic carbocycles. The zero-order chi connectivity index (χ0) is 13.1. The minimum absolute atomic E-state index is 0.101. The number of rotatable bonds is 4. The largest absolute Gasteiger partial charge is 0.339 e. The summed E-state index contributed by atoms with van der Waals surface area (Å²) in [6, 6.07) is 0.101. The highest BCUT2D eigenvalue weighted by atomic mass is 16.5. The van der Waals surface area contributed by atoms with Crippen LogP contribution in [0.3, 0.4) is 0 Å². The lowest BCUT2D eigenvalue weighted by Crippen LogP contribution is -2.28. The van der Waals surface area contributed by atoms with E-state index in [1.165, 1.54) is 25.7 Å². The van der Waals surface area contributed by atoms with E-state index in [0.717, 1.165) is 11.7 Å². The number of aromatic nitrogens is 2. The van der Waals surface area contributed by atoms with Gasteiger partial charge in [-0.15, -0.1) is 0 Å². The molecule has 1 aliphatic rings. The van der Waals surface area contributed by atoms with Crippen LogP contribution in [0, 0.1) is 11.8 Å². The average Bonchev–Trinajstić information content (AvgIpc) is 2.77. The molecule has 1 aromatic heterocycles. The van der Waals surface area contributed by atoms with Crippen molar-refractivity contribution in [3.05, 3.63) is 11.7 Å². The predicted molar refractivity (Wildman–Crippen MR) is 71.2 cm³/mol. The van der Waals surface area contributed by atoms with E-state index in [2.05, 4.69) is 30.9 Å². The Bertz CT molecular complexity index is 375. The summed E-state index contributed by atoms with van der Waals surface area (Å²) in [5.74, 6) is 3.30. The van der Waals surface area contributed by atoms with Gasteiger partial charge in [-0.3, -0.25) is 0 Å². The number of nitrogens with two attached hydrogens (primary N) is 1. The first-order valence-electron chi connectivity index (χ1n) is 7.14. The maximum absolute atomic E-state index is 6.03. The Balaban J connectivity index is 1.97. The van der Waals surface area contributed by atoms with E-state index in [1.807, 2.05) is 0 Å². The maximum atomic E-state index is 6.03. The Morgan fingerprint density at radius 2 is 2.17 bits per heavy atom. The normalized spacial score (nSPS) is 26.5. The summed E-state index contributed by atoms with van der Waals surface area (Å²) in [7, 11) is 0. The second kappa shape index (κ2) is 5.83. The number of hydrogen-bond donors (Lipinski definition) is 1. The van der Waals surface area contributed by atoms with Crippen LogP contribution in [-0.2, 0) is 6.42 Å². The van der Waals surface area contributed by atoms with E-state index in [0.29, 0.717) is 24.1 Å².